The molecule has 0 heterocycles. The summed E-state index contributed by atoms with van der Waals surface area (Å²) in [6.07, 6.45) is 0. The fourth-order valence-corrected chi connectivity index (χ4v) is 1.73. The van der Waals surface area contributed by atoms with Crippen molar-refractivity contribution < 1.29 is 9.50 Å². The first-order chi connectivity index (χ1) is 5.16. The smallest absolute Gasteiger partial charge is 0.136 e. The van der Waals surface area contributed by atoms with Crippen LogP contribution in [0.15, 0.2) is 12.1 Å². The van der Waals surface area contributed by atoms with E-state index in [1.807, 2.05) is 22.6 Å². The zero-order valence-electron chi connectivity index (χ0n) is 5.44. The molecule has 1 aromatic rings. The number of rotatable bonds is 1. The van der Waals surface area contributed by atoms with Gasteiger partial charge in [-0.25, -0.2) is 4.39 Å². The average molecular weight is 286 g/mol. The summed E-state index contributed by atoms with van der Waals surface area (Å²) in [5, 5.41) is 9.17. The van der Waals surface area contributed by atoms with Gasteiger partial charge < -0.3 is 5.11 Å². The molecule has 0 unspecified atom stereocenters. The highest BCUT2D eigenvalue weighted by Gasteiger charge is 2.07. The Morgan fingerprint density at radius 1 is 1.55 bits per heavy atom. The molecule has 0 aliphatic carbocycles. The molecule has 1 rings (SSSR count). The van der Waals surface area contributed by atoms with E-state index in [1.54, 1.807) is 0 Å². The molecule has 0 aliphatic rings. The Morgan fingerprint density at radius 2 is 2.18 bits per heavy atom. The van der Waals surface area contributed by atoms with Crippen LogP contribution < -0.4 is 0 Å². The van der Waals surface area contributed by atoms with E-state index >= 15 is 0 Å². The van der Waals surface area contributed by atoms with E-state index in [0.29, 0.717) is 14.2 Å². The van der Waals surface area contributed by atoms with Crippen molar-refractivity contribution in [1.29, 1.82) is 0 Å². The van der Waals surface area contributed by atoms with Crippen molar-refractivity contribution in [3.05, 3.63) is 32.1 Å². The molecule has 0 spiro atoms. The summed E-state index contributed by atoms with van der Waals surface area (Å²) in [5.74, 6) is -0.348. The van der Waals surface area contributed by atoms with Crippen LogP contribution in [-0.4, -0.2) is 5.11 Å². The normalized spacial score (nSPS) is 10.2. The van der Waals surface area contributed by atoms with Gasteiger partial charge in [-0.2, -0.15) is 0 Å². The summed E-state index contributed by atoms with van der Waals surface area (Å²) in [7, 11) is 0. The van der Waals surface area contributed by atoms with Crippen LogP contribution >= 0.6 is 34.2 Å². The van der Waals surface area contributed by atoms with Crippen molar-refractivity contribution in [2.45, 2.75) is 6.61 Å². The average Bonchev–Trinajstić information content (AvgIpc) is 1.99. The number of halogens is 3. The summed E-state index contributed by atoms with van der Waals surface area (Å²) in [5.41, 5.74) is 0.451. The quantitative estimate of drug-likeness (QED) is 0.621. The van der Waals surface area contributed by atoms with Crippen molar-refractivity contribution >= 4 is 34.2 Å². The van der Waals surface area contributed by atoms with Crippen LogP contribution in [0.5, 0.6) is 0 Å². The highest BCUT2D eigenvalue weighted by Crippen LogP contribution is 2.23. The predicted octanol–water partition coefficient (Wildman–Crippen LogP) is 2.58. The number of aliphatic hydroxyl groups excluding tert-OH is 1. The van der Waals surface area contributed by atoms with E-state index in [2.05, 4.69) is 0 Å². The van der Waals surface area contributed by atoms with Gasteiger partial charge in [0.15, 0.2) is 0 Å². The SMILES string of the molecule is OCc1c(Cl)ccc(F)c1I. The van der Waals surface area contributed by atoms with Crippen molar-refractivity contribution in [3.8, 4) is 0 Å². The van der Waals surface area contributed by atoms with Crippen molar-refractivity contribution in [3.63, 3.8) is 0 Å². The highest BCUT2D eigenvalue weighted by atomic mass is 127. The lowest BCUT2D eigenvalue weighted by atomic mass is 10.2. The second-order valence-corrected chi connectivity index (χ2v) is 3.47. The molecule has 0 fully saturated rings. The summed E-state index contributed by atoms with van der Waals surface area (Å²) in [6.45, 7) is -0.227. The molecular formula is C7H5ClFIO. The van der Waals surface area contributed by atoms with E-state index in [-0.39, 0.29) is 12.4 Å². The van der Waals surface area contributed by atoms with Crippen LogP contribution in [0.1, 0.15) is 5.56 Å². The summed E-state index contributed by atoms with van der Waals surface area (Å²) >= 11 is 7.48. The third-order valence-electron chi connectivity index (χ3n) is 1.30. The molecule has 1 aromatic carbocycles. The molecule has 60 valence electrons. The van der Waals surface area contributed by atoms with Crippen molar-refractivity contribution in [1.82, 2.24) is 0 Å². The van der Waals surface area contributed by atoms with E-state index in [0.717, 1.165) is 0 Å². The van der Waals surface area contributed by atoms with E-state index < -0.39 is 0 Å². The van der Waals surface area contributed by atoms with Crippen LogP contribution in [0.3, 0.4) is 0 Å². The van der Waals surface area contributed by atoms with Crippen LogP contribution in [0, 0.1) is 9.39 Å². The zero-order chi connectivity index (χ0) is 8.43. The molecule has 0 bridgehead atoms. The minimum absolute atomic E-state index is 0.227. The van der Waals surface area contributed by atoms with Crippen molar-refractivity contribution in [2.75, 3.05) is 0 Å². The molecule has 4 heteroatoms. The number of hydrogen-bond acceptors (Lipinski definition) is 1. The maximum atomic E-state index is 12.8. The van der Waals surface area contributed by atoms with Gasteiger partial charge in [0.25, 0.3) is 0 Å². The van der Waals surface area contributed by atoms with Gasteiger partial charge in [0, 0.05) is 10.6 Å². The minimum Gasteiger partial charge on any atom is -0.392 e. The van der Waals surface area contributed by atoms with E-state index in [4.69, 9.17) is 16.7 Å². The molecule has 0 saturated heterocycles. The second-order valence-electron chi connectivity index (χ2n) is 1.98. The molecule has 0 amide bonds. The van der Waals surface area contributed by atoms with Gasteiger partial charge in [0.05, 0.1) is 10.2 Å². The molecule has 1 N–H and O–H groups in total. The predicted molar refractivity (Wildman–Crippen MR) is 50.0 cm³/mol. The molecule has 0 radical (unpaired) electrons. The van der Waals surface area contributed by atoms with Crippen LogP contribution in [-0.2, 0) is 6.61 Å². The lowest BCUT2D eigenvalue weighted by molar-refractivity contribution is 0.280. The molecule has 11 heavy (non-hydrogen) atoms. The fourth-order valence-electron chi connectivity index (χ4n) is 0.714. The Labute approximate surface area is 82.3 Å². The van der Waals surface area contributed by atoms with Crippen LogP contribution in [0.2, 0.25) is 5.02 Å². The third kappa shape index (κ3) is 1.83. The molecule has 0 saturated carbocycles. The summed E-state index contributed by atoms with van der Waals surface area (Å²) in [6, 6.07) is 2.72. The third-order valence-corrected chi connectivity index (χ3v) is 2.82. The maximum absolute atomic E-state index is 12.8. The van der Waals surface area contributed by atoms with Crippen LogP contribution in [0.25, 0.3) is 0 Å². The summed E-state index contributed by atoms with van der Waals surface area (Å²) in [4.78, 5) is 0. The van der Waals surface area contributed by atoms with Gasteiger partial charge >= 0.3 is 0 Å². The maximum Gasteiger partial charge on any atom is 0.136 e. The first-order valence-corrected chi connectivity index (χ1v) is 4.35. The number of aliphatic hydroxyl groups is 1. The van der Waals surface area contributed by atoms with Gasteiger partial charge in [-0.15, -0.1) is 0 Å². The zero-order valence-corrected chi connectivity index (χ0v) is 8.36. The Bertz CT molecular complexity index is 277. The number of benzene rings is 1. The Morgan fingerprint density at radius 3 is 2.64 bits per heavy atom. The molecule has 0 atom stereocenters. The topological polar surface area (TPSA) is 20.2 Å². The second kappa shape index (κ2) is 3.69. The molecule has 1 nitrogen and oxygen atoms in total. The van der Waals surface area contributed by atoms with Gasteiger partial charge in [-0.3, -0.25) is 0 Å². The van der Waals surface area contributed by atoms with Crippen molar-refractivity contribution in [2.24, 2.45) is 0 Å². The largest absolute Gasteiger partial charge is 0.392 e. The lowest BCUT2D eigenvalue weighted by Crippen LogP contribution is -1.93. The molecule has 0 aliphatic heterocycles. The first kappa shape index (κ1) is 9.22. The lowest BCUT2D eigenvalue weighted by Gasteiger charge is -2.03. The monoisotopic (exact) mass is 286 g/mol. The van der Waals surface area contributed by atoms with E-state index in [9.17, 15) is 4.39 Å². The Hall–Kier alpha value is 0.130. The standard InChI is InChI=1S/C7H5ClFIO/c8-5-1-2-6(9)7(10)4(5)3-11/h1-2,11H,3H2. The Kier molecular flexibility index (Phi) is 3.09. The molecule has 0 aromatic heterocycles. The fraction of sp³-hybridized carbons (Fsp3) is 0.143. The van der Waals surface area contributed by atoms with Gasteiger partial charge in [0.2, 0.25) is 0 Å². The number of hydrogen-bond donors (Lipinski definition) is 1. The first-order valence-electron chi connectivity index (χ1n) is 2.90. The Balaban J connectivity index is 3.29. The van der Waals surface area contributed by atoms with Crippen LogP contribution in [0.4, 0.5) is 4.39 Å². The highest BCUT2D eigenvalue weighted by molar-refractivity contribution is 14.1. The van der Waals surface area contributed by atoms with Gasteiger partial charge in [0.1, 0.15) is 5.82 Å². The van der Waals surface area contributed by atoms with Gasteiger partial charge in [-0.1, -0.05) is 11.6 Å². The molecular weight excluding hydrogens is 281 g/mol. The van der Waals surface area contributed by atoms with Gasteiger partial charge in [-0.05, 0) is 34.7 Å². The minimum atomic E-state index is -0.348. The summed E-state index contributed by atoms with van der Waals surface area (Å²) < 4.78 is 13.2. The van der Waals surface area contributed by atoms with E-state index in [1.165, 1.54) is 12.1 Å².